The summed E-state index contributed by atoms with van der Waals surface area (Å²) in [4.78, 5) is 44.1. The second-order valence-electron chi connectivity index (χ2n) is 9.52. The van der Waals surface area contributed by atoms with Crippen LogP contribution in [0.4, 0.5) is 4.79 Å². The van der Waals surface area contributed by atoms with Crippen LogP contribution in [0.5, 0.6) is 0 Å². The first-order chi connectivity index (χ1) is 15.8. The van der Waals surface area contributed by atoms with Crippen molar-refractivity contribution in [1.82, 2.24) is 9.88 Å². The summed E-state index contributed by atoms with van der Waals surface area (Å²) in [5.74, 6) is -1.19. The molecule has 8 nitrogen and oxygen atoms in total. The molecule has 4 heterocycles. The second-order valence-corrected chi connectivity index (χ2v) is 9.52. The van der Waals surface area contributed by atoms with E-state index in [1.54, 1.807) is 11.2 Å². The molecule has 33 heavy (non-hydrogen) atoms. The first-order valence-corrected chi connectivity index (χ1v) is 11.5. The van der Waals surface area contributed by atoms with E-state index in [2.05, 4.69) is 4.98 Å². The predicted octanol–water partition coefficient (Wildman–Crippen LogP) is 3.87. The number of rotatable bonds is 3. The van der Waals surface area contributed by atoms with E-state index in [1.165, 1.54) is 0 Å². The van der Waals surface area contributed by atoms with Crippen molar-refractivity contribution < 1.29 is 28.6 Å². The topological polar surface area (TPSA) is 97.9 Å². The Morgan fingerprint density at radius 2 is 2.06 bits per heavy atom. The quantitative estimate of drug-likeness (QED) is 0.561. The molecule has 174 valence electrons. The number of hydrogen-bond donors (Lipinski definition) is 1. The van der Waals surface area contributed by atoms with Crippen LogP contribution in [0.3, 0.4) is 0 Å². The highest BCUT2D eigenvalue weighted by atomic mass is 16.7. The zero-order valence-electron chi connectivity index (χ0n) is 18.9. The standard InChI is InChI=1S/C25H28N2O6/c1-13(2)12-32-25(30)33-24(29)20-11-17-16-6-4-5-7-18(16)26-22(17)19-10-15-8-9-31-14(3)21(15)23(28)27(19)20/h4-9,13-15,19-21,26H,10-12H2,1-3H3/t14-,15-,19-,20-,21-/m0/s1. The molecule has 1 aromatic heterocycles. The number of allylic oxidation sites excluding steroid dienone is 1. The third kappa shape index (κ3) is 3.67. The predicted molar refractivity (Wildman–Crippen MR) is 119 cm³/mol. The second kappa shape index (κ2) is 8.24. The molecule has 1 amide bonds. The first kappa shape index (κ1) is 21.6. The SMILES string of the molecule is CC(C)COC(=O)OC(=O)[C@@H]1Cc2c([nH]c3ccccc23)[C@@H]2C[C@@H]3C=CO[C@@H](C)[C@@H]3C(=O)N12. The number of fused-ring (bicyclic) bond motifs is 6. The van der Waals surface area contributed by atoms with Gasteiger partial charge in [-0.2, -0.15) is 0 Å². The number of ether oxygens (including phenoxy) is 3. The van der Waals surface area contributed by atoms with Gasteiger partial charge in [0.2, 0.25) is 5.91 Å². The van der Waals surface area contributed by atoms with E-state index >= 15 is 0 Å². The number of H-pyrrole nitrogens is 1. The molecule has 5 atom stereocenters. The van der Waals surface area contributed by atoms with Crippen LogP contribution in [-0.2, 0) is 30.2 Å². The number of para-hydroxylation sites is 1. The van der Waals surface area contributed by atoms with E-state index < -0.39 is 18.2 Å². The Bertz CT molecular complexity index is 1140. The average molecular weight is 453 g/mol. The summed E-state index contributed by atoms with van der Waals surface area (Å²) >= 11 is 0. The van der Waals surface area contributed by atoms with Crippen LogP contribution in [0.1, 0.15) is 44.5 Å². The third-order valence-electron chi connectivity index (χ3n) is 6.86. The minimum absolute atomic E-state index is 0.00698. The maximum Gasteiger partial charge on any atom is 0.516 e. The van der Waals surface area contributed by atoms with Gasteiger partial charge in [0.05, 0.1) is 24.8 Å². The van der Waals surface area contributed by atoms with Crippen molar-refractivity contribution >= 4 is 28.9 Å². The Hall–Kier alpha value is -3.29. The number of carbonyl (C=O) groups is 3. The summed E-state index contributed by atoms with van der Waals surface area (Å²) in [5.41, 5.74) is 2.89. The zero-order chi connectivity index (χ0) is 23.3. The van der Waals surface area contributed by atoms with Gasteiger partial charge in [0, 0.05) is 23.0 Å². The van der Waals surface area contributed by atoms with Crippen molar-refractivity contribution in [3.8, 4) is 0 Å². The number of carbonyl (C=O) groups excluding carboxylic acids is 3. The fourth-order valence-corrected chi connectivity index (χ4v) is 5.38. The molecule has 1 N–H and O–H groups in total. The number of nitrogens with zero attached hydrogens (tertiary/aromatic N) is 1. The molecule has 8 heteroatoms. The van der Waals surface area contributed by atoms with Crippen LogP contribution in [0, 0.1) is 17.8 Å². The van der Waals surface area contributed by atoms with Gasteiger partial charge in [-0.3, -0.25) is 4.79 Å². The lowest BCUT2D eigenvalue weighted by atomic mass is 9.73. The van der Waals surface area contributed by atoms with Gasteiger partial charge in [-0.15, -0.1) is 0 Å². The van der Waals surface area contributed by atoms with Crippen molar-refractivity contribution in [2.45, 2.75) is 51.8 Å². The Morgan fingerprint density at radius 1 is 1.27 bits per heavy atom. The largest absolute Gasteiger partial charge is 0.516 e. The Balaban J connectivity index is 1.52. The smallest absolute Gasteiger partial charge is 0.498 e. The first-order valence-electron chi connectivity index (χ1n) is 11.5. The number of piperidine rings is 1. The molecular formula is C25H28N2O6. The van der Waals surface area contributed by atoms with Crippen LogP contribution >= 0.6 is 0 Å². The molecule has 3 aliphatic heterocycles. The van der Waals surface area contributed by atoms with Gasteiger partial charge in [-0.25, -0.2) is 9.59 Å². The maximum absolute atomic E-state index is 13.7. The van der Waals surface area contributed by atoms with E-state index in [4.69, 9.17) is 14.2 Å². The number of nitrogens with one attached hydrogen (secondary N) is 1. The molecule has 0 aliphatic carbocycles. The highest BCUT2D eigenvalue weighted by Gasteiger charge is 2.53. The Labute approximate surface area is 191 Å². The van der Waals surface area contributed by atoms with Crippen LogP contribution in [0.15, 0.2) is 36.6 Å². The van der Waals surface area contributed by atoms with Gasteiger partial charge in [0.1, 0.15) is 12.1 Å². The monoisotopic (exact) mass is 452 g/mol. The molecule has 5 rings (SSSR count). The van der Waals surface area contributed by atoms with Gasteiger partial charge in [-0.1, -0.05) is 32.0 Å². The Morgan fingerprint density at radius 3 is 2.85 bits per heavy atom. The van der Waals surface area contributed by atoms with Crippen molar-refractivity contribution in [3.63, 3.8) is 0 Å². The van der Waals surface area contributed by atoms with Crippen LogP contribution in [-0.4, -0.2) is 46.7 Å². The number of aromatic nitrogens is 1. The fourth-order valence-electron chi connectivity index (χ4n) is 5.38. The summed E-state index contributed by atoms with van der Waals surface area (Å²) in [6.45, 7) is 5.81. The summed E-state index contributed by atoms with van der Waals surface area (Å²) in [6.07, 6.45) is 3.19. The van der Waals surface area contributed by atoms with Gasteiger partial charge in [0.25, 0.3) is 0 Å². The third-order valence-corrected chi connectivity index (χ3v) is 6.86. The highest BCUT2D eigenvalue weighted by Crippen LogP contribution is 2.48. The molecule has 1 fully saturated rings. The van der Waals surface area contributed by atoms with Gasteiger partial charge in [-0.05, 0) is 42.9 Å². The van der Waals surface area contributed by atoms with E-state index in [9.17, 15) is 14.4 Å². The molecule has 1 aromatic carbocycles. The van der Waals surface area contributed by atoms with Gasteiger partial charge < -0.3 is 24.1 Å². The number of benzene rings is 1. The van der Waals surface area contributed by atoms with Crippen molar-refractivity contribution in [2.24, 2.45) is 17.8 Å². The van der Waals surface area contributed by atoms with Crippen molar-refractivity contribution in [3.05, 3.63) is 47.9 Å². The lowest BCUT2D eigenvalue weighted by Gasteiger charge is -2.49. The van der Waals surface area contributed by atoms with E-state index in [-0.39, 0.29) is 48.8 Å². The van der Waals surface area contributed by atoms with E-state index in [0.717, 1.165) is 22.2 Å². The average Bonchev–Trinajstić information content (AvgIpc) is 3.16. The van der Waals surface area contributed by atoms with E-state index in [0.29, 0.717) is 6.42 Å². The Kier molecular flexibility index (Phi) is 5.38. The summed E-state index contributed by atoms with van der Waals surface area (Å²) in [7, 11) is 0. The summed E-state index contributed by atoms with van der Waals surface area (Å²) in [5, 5.41) is 1.01. The van der Waals surface area contributed by atoms with E-state index in [1.807, 2.05) is 51.1 Å². The lowest BCUT2D eigenvalue weighted by molar-refractivity contribution is -0.166. The minimum atomic E-state index is -1.03. The highest BCUT2D eigenvalue weighted by molar-refractivity contribution is 5.94. The number of esters is 1. The molecule has 3 aliphatic rings. The molecule has 0 unspecified atom stereocenters. The summed E-state index contributed by atoms with van der Waals surface area (Å²) in [6, 6.07) is 6.64. The van der Waals surface area contributed by atoms with Crippen molar-refractivity contribution in [1.29, 1.82) is 0 Å². The normalized spacial score (nSPS) is 28.1. The van der Waals surface area contributed by atoms with Crippen LogP contribution in [0.2, 0.25) is 0 Å². The molecule has 2 aromatic rings. The molecule has 0 bridgehead atoms. The van der Waals surface area contributed by atoms with Gasteiger partial charge in [0.15, 0.2) is 0 Å². The van der Waals surface area contributed by atoms with Crippen LogP contribution in [0.25, 0.3) is 10.9 Å². The number of amides is 1. The van der Waals surface area contributed by atoms with Crippen LogP contribution < -0.4 is 0 Å². The molecule has 1 saturated heterocycles. The molecule has 0 spiro atoms. The number of hydrogen-bond acceptors (Lipinski definition) is 6. The number of aromatic amines is 1. The molecular weight excluding hydrogens is 424 g/mol. The zero-order valence-corrected chi connectivity index (χ0v) is 18.9. The maximum atomic E-state index is 13.7. The molecule has 0 radical (unpaired) electrons. The lowest BCUT2D eigenvalue weighted by Crippen LogP contribution is -2.59. The van der Waals surface area contributed by atoms with Crippen molar-refractivity contribution in [2.75, 3.05) is 6.61 Å². The fraction of sp³-hybridized carbons (Fsp3) is 0.480. The minimum Gasteiger partial charge on any atom is -0.498 e. The van der Waals surface area contributed by atoms with Gasteiger partial charge >= 0.3 is 12.1 Å². The molecule has 0 saturated carbocycles. The summed E-state index contributed by atoms with van der Waals surface area (Å²) < 4.78 is 15.7.